The van der Waals surface area contributed by atoms with Crippen molar-refractivity contribution in [1.29, 1.82) is 0 Å². The first-order valence-corrected chi connectivity index (χ1v) is 7.98. The maximum absolute atomic E-state index is 11.6. The highest BCUT2D eigenvalue weighted by atomic mass is 32.2. The van der Waals surface area contributed by atoms with Crippen LogP contribution in [0.15, 0.2) is 33.9 Å². The van der Waals surface area contributed by atoms with Crippen LogP contribution in [0.4, 0.5) is 0 Å². The molecule has 1 amide bonds. The number of likely N-dealkylation sites (tertiary alicyclic amines) is 1. The molecule has 3 rings (SSSR count). The summed E-state index contributed by atoms with van der Waals surface area (Å²) in [5, 5.41) is 8.61. The fraction of sp³-hybridized carbons (Fsp3) is 0.400. The van der Waals surface area contributed by atoms with Crippen LogP contribution in [0.5, 0.6) is 0 Å². The Morgan fingerprint density at radius 3 is 2.95 bits per heavy atom. The number of rotatable bonds is 5. The Morgan fingerprint density at radius 1 is 1.33 bits per heavy atom. The summed E-state index contributed by atoms with van der Waals surface area (Å²) in [4.78, 5) is 13.3. The maximum Gasteiger partial charge on any atom is 0.276 e. The molecule has 1 aromatic heterocycles. The Kier molecular flexibility index (Phi) is 4.24. The SMILES string of the molecule is Cc1ccccc1CSc1nnc(CN2CCCC2=O)o1. The van der Waals surface area contributed by atoms with Crippen molar-refractivity contribution in [3.05, 3.63) is 41.3 Å². The smallest absolute Gasteiger partial charge is 0.276 e. The van der Waals surface area contributed by atoms with Gasteiger partial charge in [-0.2, -0.15) is 0 Å². The van der Waals surface area contributed by atoms with E-state index >= 15 is 0 Å². The molecule has 21 heavy (non-hydrogen) atoms. The summed E-state index contributed by atoms with van der Waals surface area (Å²) < 4.78 is 5.60. The number of aromatic nitrogens is 2. The quantitative estimate of drug-likeness (QED) is 0.795. The monoisotopic (exact) mass is 303 g/mol. The van der Waals surface area contributed by atoms with Gasteiger partial charge in [0.25, 0.3) is 5.22 Å². The second-order valence-electron chi connectivity index (χ2n) is 5.10. The van der Waals surface area contributed by atoms with E-state index < -0.39 is 0 Å². The molecule has 0 spiro atoms. The first kappa shape index (κ1) is 14.1. The van der Waals surface area contributed by atoms with Crippen LogP contribution >= 0.6 is 11.8 Å². The molecule has 1 aliphatic heterocycles. The molecule has 0 saturated carbocycles. The molecule has 5 nitrogen and oxygen atoms in total. The molecule has 1 fully saturated rings. The van der Waals surface area contributed by atoms with E-state index in [1.165, 1.54) is 22.9 Å². The van der Waals surface area contributed by atoms with Crippen LogP contribution in [0.2, 0.25) is 0 Å². The number of hydrogen-bond acceptors (Lipinski definition) is 5. The molecular weight excluding hydrogens is 286 g/mol. The minimum atomic E-state index is 0.169. The van der Waals surface area contributed by atoms with E-state index in [9.17, 15) is 4.79 Å². The van der Waals surface area contributed by atoms with Crippen molar-refractivity contribution in [3.63, 3.8) is 0 Å². The zero-order chi connectivity index (χ0) is 14.7. The Labute approximate surface area is 127 Å². The van der Waals surface area contributed by atoms with Crippen molar-refractivity contribution < 1.29 is 9.21 Å². The second kappa shape index (κ2) is 6.30. The third-order valence-corrected chi connectivity index (χ3v) is 4.43. The highest BCUT2D eigenvalue weighted by Gasteiger charge is 2.22. The highest BCUT2D eigenvalue weighted by molar-refractivity contribution is 7.98. The molecule has 0 N–H and O–H groups in total. The first-order valence-electron chi connectivity index (χ1n) is 7.00. The molecule has 2 heterocycles. The summed E-state index contributed by atoms with van der Waals surface area (Å²) in [6, 6.07) is 8.25. The lowest BCUT2D eigenvalue weighted by Gasteiger charge is -2.11. The summed E-state index contributed by atoms with van der Waals surface area (Å²) in [7, 11) is 0. The van der Waals surface area contributed by atoms with Crippen molar-refractivity contribution in [2.24, 2.45) is 0 Å². The molecule has 0 aliphatic carbocycles. The largest absolute Gasteiger partial charge is 0.414 e. The molecular formula is C15H17N3O2S. The summed E-state index contributed by atoms with van der Waals surface area (Å²) in [5.41, 5.74) is 2.52. The zero-order valence-corrected chi connectivity index (χ0v) is 12.7. The van der Waals surface area contributed by atoms with Crippen molar-refractivity contribution in [1.82, 2.24) is 15.1 Å². The van der Waals surface area contributed by atoms with Gasteiger partial charge in [-0.3, -0.25) is 4.79 Å². The van der Waals surface area contributed by atoms with Gasteiger partial charge in [0.15, 0.2) is 0 Å². The number of nitrogens with zero attached hydrogens (tertiary/aromatic N) is 3. The second-order valence-corrected chi connectivity index (χ2v) is 6.02. The number of aryl methyl sites for hydroxylation is 1. The van der Waals surface area contributed by atoms with E-state index in [4.69, 9.17) is 4.42 Å². The minimum Gasteiger partial charge on any atom is -0.414 e. The predicted molar refractivity (Wildman–Crippen MR) is 79.7 cm³/mol. The number of amides is 1. The normalized spacial score (nSPS) is 14.9. The number of carbonyl (C=O) groups is 1. The standard InChI is InChI=1S/C15H17N3O2S/c1-11-5-2-3-6-12(11)10-21-15-17-16-13(20-15)9-18-8-4-7-14(18)19/h2-3,5-6H,4,7-10H2,1H3. The van der Waals surface area contributed by atoms with Gasteiger partial charge in [-0.1, -0.05) is 36.0 Å². The van der Waals surface area contributed by atoms with Crippen LogP contribution in [0.1, 0.15) is 29.9 Å². The van der Waals surface area contributed by atoms with E-state index in [1.807, 2.05) is 12.1 Å². The molecule has 1 aliphatic rings. The molecule has 0 atom stereocenters. The molecule has 6 heteroatoms. The van der Waals surface area contributed by atoms with Crippen LogP contribution < -0.4 is 0 Å². The van der Waals surface area contributed by atoms with Gasteiger partial charge in [0.2, 0.25) is 11.8 Å². The minimum absolute atomic E-state index is 0.169. The van der Waals surface area contributed by atoms with E-state index in [-0.39, 0.29) is 5.91 Å². The third kappa shape index (κ3) is 3.44. The number of carbonyl (C=O) groups excluding carboxylic acids is 1. The zero-order valence-electron chi connectivity index (χ0n) is 11.9. The first-order chi connectivity index (χ1) is 10.2. The van der Waals surface area contributed by atoms with Crippen LogP contribution in [-0.4, -0.2) is 27.5 Å². The van der Waals surface area contributed by atoms with E-state index in [0.29, 0.717) is 24.1 Å². The van der Waals surface area contributed by atoms with E-state index in [2.05, 4.69) is 29.3 Å². The van der Waals surface area contributed by atoms with Gasteiger partial charge in [0.05, 0.1) is 6.54 Å². The van der Waals surface area contributed by atoms with Crippen molar-refractivity contribution in [2.75, 3.05) is 6.54 Å². The van der Waals surface area contributed by atoms with Gasteiger partial charge in [0.1, 0.15) is 0 Å². The number of benzene rings is 1. The average Bonchev–Trinajstić information content (AvgIpc) is 3.09. The summed E-state index contributed by atoms with van der Waals surface area (Å²) >= 11 is 1.52. The maximum atomic E-state index is 11.6. The van der Waals surface area contributed by atoms with Crippen LogP contribution in [0.3, 0.4) is 0 Å². The predicted octanol–water partition coefficient (Wildman–Crippen LogP) is 2.79. The van der Waals surface area contributed by atoms with Crippen LogP contribution in [0.25, 0.3) is 0 Å². The van der Waals surface area contributed by atoms with Gasteiger partial charge < -0.3 is 9.32 Å². The van der Waals surface area contributed by atoms with Crippen molar-refractivity contribution >= 4 is 17.7 Å². The van der Waals surface area contributed by atoms with Gasteiger partial charge >= 0.3 is 0 Å². The molecule has 1 aromatic carbocycles. The molecule has 0 unspecified atom stereocenters. The third-order valence-electron chi connectivity index (χ3n) is 3.56. The Hall–Kier alpha value is -1.82. The fourth-order valence-corrected chi connectivity index (χ4v) is 3.16. The number of thioether (sulfide) groups is 1. The number of hydrogen-bond donors (Lipinski definition) is 0. The van der Waals surface area contributed by atoms with Crippen LogP contribution in [-0.2, 0) is 17.1 Å². The lowest BCUT2D eigenvalue weighted by atomic mass is 10.1. The van der Waals surface area contributed by atoms with Gasteiger partial charge in [-0.15, -0.1) is 10.2 Å². The Bertz CT molecular complexity index is 641. The molecule has 1 saturated heterocycles. The van der Waals surface area contributed by atoms with Gasteiger partial charge in [0, 0.05) is 18.7 Å². The average molecular weight is 303 g/mol. The molecule has 0 radical (unpaired) electrons. The topological polar surface area (TPSA) is 59.2 Å². The lowest BCUT2D eigenvalue weighted by molar-refractivity contribution is -0.128. The fourth-order valence-electron chi connectivity index (χ4n) is 2.31. The van der Waals surface area contributed by atoms with E-state index in [1.54, 1.807) is 4.90 Å². The van der Waals surface area contributed by atoms with Crippen molar-refractivity contribution in [2.45, 2.75) is 37.3 Å². The summed E-state index contributed by atoms with van der Waals surface area (Å²) in [6.07, 6.45) is 1.55. The Balaban J connectivity index is 1.58. The lowest BCUT2D eigenvalue weighted by Crippen LogP contribution is -2.23. The molecule has 0 bridgehead atoms. The Morgan fingerprint density at radius 2 is 2.19 bits per heavy atom. The van der Waals surface area contributed by atoms with Gasteiger partial charge in [-0.25, -0.2) is 0 Å². The summed E-state index contributed by atoms with van der Waals surface area (Å²) in [5.74, 6) is 1.48. The van der Waals surface area contributed by atoms with Crippen LogP contribution in [0, 0.1) is 6.92 Å². The molecule has 2 aromatic rings. The van der Waals surface area contributed by atoms with Crippen molar-refractivity contribution in [3.8, 4) is 0 Å². The summed E-state index contributed by atoms with van der Waals surface area (Å²) in [6.45, 7) is 3.30. The van der Waals surface area contributed by atoms with Gasteiger partial charge in [-0.05, 0) is 24.5 Å². The molecule has 110 valence electrons. The highest BCUT2D eigenvalue weighted by Crippen LogP contribution is 2.24. The van der Waals surface area contributed by atoms with E-state index in [0.717, 1.165) is 18.7 Å².